The lowest BCUT2D eigenvalue weighted by Gasteiger charge is -2.10. The van der Waals surface area contributed by atoms with E-state index in [1.54, 1.807) is 0 Å². The molecule has 5 heteroatoms. The van der Waals surface area contributed by atoms with Crippen molar-refractivity contribution in [2.45, 2.75) is 13.3 Å². The number of aromatic nitrogens is 2. The topological polar surface area (TPSA) is 69.8 Å². The lowest BCUT2D eigenvalue weighted by Crippen LogP contribution is -2.30. The molecule has 0 saturated heterocycles. The Labute approximate surface area is 163 Å². The standard InChI is InChI=1S/C23H22N4O/c1-16-5-2-3-8-21(16)27-23(28)25-11-9-17-6-4-7-18(13-17)20-14-19-10-12-24-22(19)26-15-20/h2-8,10,12-15H,9,11H2,1H3,(H,24,26)(H2,25,27,28). The minimum absolute atomic E-state index is 0.187. The van der Waals surface area contributed by atoms with E-state index < -0.39 is 0 Å². The number of para-hydroxylation sites is 1. The van der Waals surface area contributed by atoms with Crippen LogP contribution in [0.3, 0.4) is 0 Å². The van der Waals surface area contributed by atoms with Crippen molar-refractivity contribution in [1.82, 2.24) is 15.3 Å². The maximum absolute atomic E-state index is 12.1. The highest BCUT2D eigenvalue weighted by molar-refractivity contribution is 5.90. The summed E-state index contributed by atoms with van der Waals surface area (Å²) >= 11 is 0. The third kappa shape index (κ3) is 4.04. The first kappa shape index (κ1) is 17.8. The predicted octanol–water partition coefficient (Wildman–Crippen LogP) is 4.90. The number of rotatable bonds is 5. The monoisotopic (exact) mass is 370 g/mol. The number of hydrogen-bond donors (Lipinski definition) is 3. The summed E-state index contributed by atoms with van der Waals surface area (Å²) in [6, 6.07) is 20.0. The third-order valence-electron chi connectivity index (χ3n) is 4.75. The van der Waals surface area contributed by atoms with E-state index in [4.69, 9.17) is 0 Å². The number of hydrogen-bond acceptors (Lipinski definition) is 2. The Balaban J connectivity index is 1.37. The number of urea groups is 1. The second-order valence-corrected chi connectivity index (χ2v) is 6.79. The molecule has 0 radical (unpaired) electrons. The van der Waals surface area contributed by atoms with Gasteiger partial charge in [0.2, 0.25) is 0 Å². The summed E-state index contributed by atoms with van der Waals surface area (Å²) in [6.45, 7) is 2.54. The first-order valence-corrected chi connectivity index (χ1v) is 9.32. The molecule has 0 spiro atoms. The molecule has 140 valence electrons. The SMILES string of the molecule is Cc1ccccc1NC(=O)NCCc1cccc(-c2cnc3[nH]ccc3c2)c1. The van der Waals surface area contributed by atoms with Crippen LogP contribution >= 0.6 is 0 Å². The number of amides is 2. The van der Waals surface area contributed by atoms with Gasteiger partial charge in [0.25, 0.3) is 0 Å². The van der Waals surface area contributed by atoms with Gasteiger partial charge < -0.3 is 15.6 Å². The van der Waals surface area contributed by atoms with Gasteiger partial charge in [-0.05, 0) is 48.2 Å². The predicted molar refractivity (Wildman–Crippen MR) is 113 cm³/mol. The molecule has 0 aliphatic rings. The molecule has 2 aromatic heterocycles. The fourth-order valence-electron chi connectivity index (χ4n) is 3.20. The Bertz CT molecular complexity index is 1120. The molecule has 0 atom stereocenters. The van der Waals surface area contributed by atoms with E-state index in [-0.39, 0.29) is 6.03 Å². The Hall–Kier alpha value is -3.60. The molecule has 0 saturated carbocycles. The summed E-state index contributed by atoms with van der Waals surface area (Å²) < 4.78 is 0. The van der Waals surface area contributed by atoms with E-state index in [1.807, 2.05) is 55.7 Å². The van der Waals surface area contributed by atoms with Crippen LogP contribution in [0.4, 0.5) is 10.5 Å². The average molecular weight is 370 g/mol. The van der Waals surface area contributed by atoms with Crippen LogP contribution < -0.4 is 10.6 Å². The van der Waals surface area contributed by atoms with Crippen LogP contribution in [-0.2, 0) is 6.42 Å². The fourth-order valence-corrected chi connectivity index (χ4v) is 3.20. The molecule has 4 aromatic rings. The number of nitrogens with zero attached hydrogens (tertiary/aromatic N) is 1. The summed E-state index contributed by atoms with van der Waals surface area (Å²) in [6.07, 6.45) is 4.53. The van der Waals surface area contributed by atoms with Crippen LogP contribution in [0.2, 0.25) is 0 Å². The number of pyridine rings is 1. The van der Waals surface area contributed by atoms with Crippen molar-refractivity contribution in [3.63, 3.8) is 0 Å². The molecule has 0 bridgehead atoms. The van der Waals surface area contributed by atoms with Gasteiger partial charge in [-0.3, -0.25) is 0 Å². The van der Waals surface area contributed by atoms with E-state index in [2.05, 4.69) is 44.9 Å². The zero-order valence-electron chi connectivity index (χ0n) is 15.7. The number of aryl methyl sites for hydroxylation is 1. The number of carbonyl (C=O) groups is 1. The number of benzene rings is 2. The van der Waals surface area contributed by atoms with E-state index in [1.165, 1.54) is 5.56 Å². The molecule has 4 rings (SSSR count). The van der Waals surface area contributed by atoms with Crippen molar-refractivity contribution in [1.29, 1.82) is 0 Å². The third-order valence-corrected chi connectivity index (χ3v) is 4.75. The molecule has 5 nitrogen and oxygen atoms in total. The van der Waals surface area contributed by atoms with E-state index >= 15 is 0 Å². The lowest BCUT2D eigenvalue weighted by atomic mass is 10.0. The number of aromatic amines is 1. The van der Waals surface area contributed by atoms with Gasteiger partial charge in [-0.1, -0.05) is 42.5 Å². The molecule has 2 amide bonds. The van der Waals surface area contributed by atoms with E-state index in [9.17, 15) is 4.79 Å². The van der Waals surface area contributed by atoms with E-state index in [0.29, 0.717) is 6.54 Å². The highest BCUT2D eigenvalue weighted by Gasteiger charge is 2.05. The van der Waals surface area contributed by atoms with Crippen LogP contribution in [0, 0.1) is 6.92 Å². The normalized spacial score (nSPS) is 10.8. The highest BCUT2D eigenvalue weighted by atomic mass is 16.2. The minimum Gasteiger partial charge on any atom is -0.346 e. The largest absolute Gasteiger partial charge is 0.346 e. The summed E-state index contributed by atoms with van der Waals surface area (Å²) in [7, 11) is 0. The maximum Gasteiger partial charge on any atom is 0.319 e. The van der Waals surface area contributed by atoms with Gasteiger partial charge in [0, 0.05) is 35.6 Å². The lowest BCUT2D eigenvalue weighted by molar-refractivity contribution is 0.252. The van der Waals surface area contributed by atoms with Gasteiger partial charge in [-0.2, -0.15) is 0 Å². The molecule has 0 aliphatic carbocycles. The maximum atomic E-state index is 12.1. The quantitative estimate of drug-likeness (QED) is 0.467. The van der Waals surface area contributed by atoms with Crippen molar-refractivity contribution < 1.29 is 4.79 Å². The average Bonchev–Trinajstić information content (AvgIpc) is 3.18. The second kappa shape index (κ2) is 7.96. The zero-order valence-corrected chi connectivity index (χ0v) is 15.7. The Morgan fingerprint density at radius 3 is 2.82 bits per heavy atom. The van der Waals surface area contributed by atoms with Gasteiger partial charge in [0.15, 0.2) is 0 Å². The van der Waals surface area contributed by atoms with Crippen LogP contribution in [-0.4, -0.2) is 22.5 Å². The Morgan fingerprint density at radius 1 is 1.04 bits per heavy atom. The fraction of sp³-hybridized carbons (Fsp3) is 0.130. The number of anilines is 1. The van der Waals surface area contributed by atoms with Crippen LogP contribution in [0.25, 0.3) is 22.2 Å². The smallest absolute Gasteiger partial charge is 0.319 e. The molecule has 0 fully saturated rings. The van der Waals surface area contributed by atoms with Crippen molar-refractivity contribution in [2.24, 2.45) is 0 Å². The van der Waals surface area contributed by atoms with Gasteiger partial charge in [-0.15, -0.1) is 0 Å². The molecule has 3 N–H and O–H groups in total. The molecular weight excluding hydrogens is 348 g/mol. The van der Waals surface area contributed by atoms with Crippen LogP contribution in [0.1, 0.15) is 11.1 Å². The van der Waals surface area contributed by atoms with Crippen LogP contribution in [0.15, 0.2) is 73.1 Å². The Kier molecular flexibility index (Phi) is 5.06. The number of carbonyl (C=O) groups excluding carboxylic acids is 1. The first-order chi connectivity index (χ1) is 13.7. The van der Waals surface area contributed by atoms with Crippen molar-refractivity contribution in [3.05, 3.63) is 84.2 Å². The number of nitrogens with one attached hydrogen (secondary N) is 3. The first-order valence-electron chi connectivity index (χ1n) is 9.32. The Morgan fingerprint density at radius 2 is 1.93 bits per heavy atom. The highest BCUT2D eigenvalue weighted by Crippen LogP contribution is 2.23. The van der Waals surface area contributed by atoms with Crippen LogP contribution in [0.5, 0.6) is 0 Å². The van der Waals surface area contributed by atoms with Crippen molar-refractivity contribution in [2.75, 3.05) is 11.9 Å². The number of H-pyrrole nitrogens is 1. The van der Waals surface area contributed by atoms with Crippen molar-refractivity contribution >= 4 is 22.8 Å². The van der Waals surface area contributed by atoms with Crippen molar-refractivity contribution in [3.8, 4) is 11.1 Å². The molecule has 2 aromatic carbocycles. The molecule has 28 heavy (non-hydrogen) atoms. The van der Waals surface area contributed by atoms with Gasteiger partial charge in [-0.25, -0.2) is 9.78 Å². The summed E-state index contributed by atoms with van der Waals surface area (Å²) in [5.41, 5.74) is 6.14. The zero-order chi connectivity index (χ0) is 19.3. The minimum atomic E-state index is -0.187. The molecule has 0 aliphatic heterocycles. The molecule has 2 heterocycles. The van der Waals surface area contributed by atoms with Gasteiger partial charge in [0.1, 0.15) is 5.65 Å². The molecule has 0 unspecified atom stereocenters. The number of fused-ring (bicyclic) bond motifs is 1. The van der Waals surface area contributed by atoms with Gasteiger partial charge in [0.05, 0.1) is 0 Å². The summed E-state index contributed by atoms with van der Waals surface area (Å²) in [5, 5.41) is 6.90. The summed E-state index contributed by atoms with van der Waals surface area (Å²) in [5.74, 6) is 0. The van der Waals surface area contributed by atoms with Gasteiger partial charge >= 0.3 is 6.03 Å². The summed E-state index contributed by atoms with van der Waals surface area (Å²) in [4.78, 5) is 19.7. The molecular formula is C23H22N4O. The van der Waals surface area contributed by atoms with E-state index in [0.717, 1.165) is 39.8 Å². The second-order valence-electron chi connectivity index (χ2n) is 6.79.